The van der Waals surface area contributed by atoms with Gasteiger partial charge in [-0.15, -0.1) is 11.3 Å². The molecule has 0 atom stereocenters. The summed E-state index contributed by atoms with van der Waals surface area (Å²) in [6.45, 7) is 0. The molecule has 0 radical (unpaired) electrons. The van der Waals surface area contributed by atoms with E-state index >= 15 is 0 Å². The summed E-state index contributed by atoms with van der Waals surface area (Å²) >= 11 is 1.73. The Balaban J connectivity index is 1.32. The highest BCUT2D eigenvalue weighted by atomic mass is 32.1. The first kappa shape index (κ1) is 20.1. The molecule has 0 aliphatic heterocycles. The fourth-order valence-electron chi connectivity index (χ4n) is 7.24. The molecule has 6 heteroatoms. The number of rotatable bonds is 4. The zero-order valence-corrected chi connectivity index (χ0v) is 27.3. The number of benzene rings is 7. The van der Waals surface area contributed by atoms with E-state index in [0.717, 1.165) is 53.7 Å². The minimum Gasteiger partial charge on any atom is -0.307 e. The molecule has 238 valence electrons. The van der Waals surface area contributed by atoms with Crippen molar-refractivity contribution in [3.63, 3.8) is 0 Å². The van der Waals surface area contributed by atoms with Crippen molar-refractivity contribution < 1.29 is 13.7 Å². The first-order chi connectivity index (χ1) is 29.4. The summed E-state index contributed by atoms with van der Waals surface area (Å²) in [6, 6.07) is 28.7. The van der Waals surface area contributed by atoms with Crippen LogP contribution in [0.3, 0.4) is 0 Å². The van der Waals surface area contributed by atoms with Crippen molar-refractivity contribution >= 4 is 75.1 Å². The summed E-state index contributed by atoms with van der Waals surface area (Å²) in [4.78, 5) is 14.3. The average molecular weight is 680 g/mol. The van der Waals surface area contributed by atoms with Gasteiger partial charge in [0.2, 0.25) is 5.95 Å². The molecule has 7 aromatic carbocycles. The highest BCUT2D eigenvalue weighted by Gasteiger charge is 2.23. The Morgan fingerprint density at radius 1 is 0.451 bits per heavy atom. The van der Waals surface area contributed by atoms with Gasteiger partial charge >= 0.3 is 0 Å². The Hall–Kier alpha value is -6.63. The molecule has 0 amide bonds. The second-order valence-corrected chi connectivity index (χ2v) is 13.2. The van der Waals surface area contributed by atoms with Crippen molar-refractivity contribution in [3.05, 3.63) is 164 Å². The summed E-state index contributed by atoms with van der Waals surface area (Å²) < 4.78 is 92.3. The van der Waals surface area contributed by atoms with E-state index < -0.39 is 60.4 Å². The monoisotopic (exact) mass is 679 g/mol. The van der Waals surface area contributed by atoms with Gasteiger partial charge in [-0.25, -0.2) is 4.98 Å². The van der Waals surface area contributed by atoms with Crippen LogP contribution in [0.5, 0.6) is 0 Å². The molecule has 4 aromatic heterocycles. The van der Waals surface area contributed by atoms with E-state index in [1.807, 2.05) is 59.2 Å². The van der Waals surface area contributed by atoms with E-state index in [9.17, 15) is 0 Å². The highest BCUT2D eigenvalue weighted by molar-refractivity contribution is 7.25. The van der Waals surface area contributed by atoms with Crippen LogP contribution in [0.25, 0.3) is 98.2 Å². The third-order valence-electron chi connectivity index (χ3n) is 9.36. The first-order valence-corrected chi connectivity index (χ1v) is 17.0. The third-order valence-corrected chi connectivity index (χ3v) is 10.5. The zero-order valence-electron chi connectivity index (χ0n) is 36.5. The SMILES string of the molecule is [2H]c1c([2H])c([2H])c(-c2nc(-c3c([2H])c([2H])c([2H])c([2H])c3[2H])nc(-n3c4ccccc4c4ccc5c6ccccc6n(-c6ccc7sc8ccccc8c7c6)c5c43)n2)c([2H])c1[2H]. The maximum Gasteiger partial charge on any atom is 0.238 e. The molecule has 0 aliphatic carbocycles. The van der Waals surface area contributed by atoms with Crippen LogP contribution in [0.2, 0.25) is 0 Å². The molecule has 11 rings (SSSR count). The Bertz CT molecular complexity index is 3600. The lowest BCUT2D eigenvalue weighted by molar-refractivity contribution is 0.953. The van der Waals surface area contributed by atoms with Gasteiger partial charge in [0, 0.05) is 58.5 Å². The molecule has 11 aromatic rings. The largest absolute Gasteiger partial charge is 0.307 e. The standard InChI is InChI=1S/C45H27N5S/c1-3-13-28(14-4-1)43-46-44(29-15-5-2-6-16-29)48-45(47-43)50-38-21-11-8-18-32(38)35-25-24-34-31-17-7-10-20-37(31)49(41(34)42(35)50)30-23-26-40-36(27-30)33-19-9-12-22-39(33)51-40/h1-27H/i1D,2D,3D,4D,5D,6D,13D,14D,15D,16D. The van der Waals surface area contributed by atoms with Crippen molar-refractivity contribution in [1.82, 2.24) is 24.1 Å². The molecule has 4 heterocycles. The first-order valence-electron chi connectivity index (χ1n) is 21.2. The minimum atomic E-state index is -0.610. The summed E-state index contributed by atoms with van der Waals surface area (Å²) in [7, 11) is 0. The van der Waals surface area contributed by atoms with Crippen LogP contribution < -0.4 is 0 Å². The van der Waals surface area contributed by atoms with Crippen molar-refractivity contribution in [3.8, 4) is 34.4 Å². The van der Waals surface area contributed by atoms with Gasteiger partial charge in [0.25, 0.3) is 0 Å². The van der Waals surface area contributed by atoms with E-state index in [4.69, 9.17) is 23.7 Å². The lowest BCUT2D eigenvalue weighted by Gasteiger charge is -2.13. The van der Waals surface area contributed by atoms with Gasteiger partial charge < -0.3 is 4.57 Å². The van der Waals surface area contributed by atoms with E-state index in [1.165, 1.54) is 4.70 Å². The molecular weight excluding hydrogens is 643 g/mol. The van der Waals surface area contributed by atoms with Crippen molar-refractivity contribution in [2.24, 2.45) is 0 Å². The van der Waals surface area contributed by atoms with Gasteiger partial charge in [0.1, 0.15) is 0 Å². The van der Waals surface area contributed by atoms with Gasteiger partial charge in [0.15, 0.2) is 11.6 Å². The normalized spacial score (nSPS) is 14.7. The number of hydrogen-bond donors (Lipinski definition) is 0. The van der Waals surface area contributed by atoms with Gasteiger partial charge in [-0.3, -0.25) is 4.57 Å². The second kappa shape index (κ2) is 10.9. The molecule has 0 saturated heterocycles. The van der Waals surface area contributed by atoms with Crippen molar-refractivity contribution in [1.29, 1.82) is 0 Å². The maximum atomic E-state index is 8.88. The lowest BCUT2D eigenvalue weighted by Crippen LogP contribution is -2.07. The van der Waals surface area contributed by atoms with Gasteiger partial charge in [-0.05, 0) is 36.4 Å². The quantitative estimate of drug-likeness (QED) is 0.186. The molecule has 5 nitrogen and oxygen atoms in total. The fraction of sp³-hybridized carbons (Fsp3) is 0. The Morgan fingerprint density at radius 2 is 0.980 bits per heavy atom. The number of aromatic nitrogens is 5. The Kier molecular flexibility index (Phi) is 4.32. The summed E-state index contributed by atoms with van der Waals surface area (Å²) in [5.41, 5.74) is 3.32. The van der Waals surface area contributed by atoms with Gasteiger partial charge in [-0.1, -0.05) is 127 Å². The molecule has 0 unspecified atom stereocenters. The number of hydrogen-bond acceptors (Lipinski definition) is 4. The van der Waals surface area contributed by atoms with E-state index in [2.05, 4.69) is 58.1 Å². The van der Waals surface area contributed by atoms with Crippen LogP contribution in [0.4, 0.5) is 0 Å². The van der Waals surface area contributed by atoms with Gasteiger partial charge in [0.05, 0.1) is 35.8 Å². The molecule has 0 saturated carbocycles. The number of nitrogens with zero attached hydrogens (tertiary/aromatic N) is 5. The molecule has 0 fully saturated rings. The summed E-state index contributed by atoms with van der Waals surface area (Å²) in [5.74, 6) is -0.733. The number of para-hydroxylation sites is 2. The average Bonchev–Trinajstić information content (AvgIpc) is 3.94. The third kappa shape index (κ3) is 4.24. The molecule has 0 N–H and O–H groups in total. The van der Waals surface area contributed by atoms with E-state index in [0.29, 0.717) is 11.0 Å². The zero-order chi connectivity index (χ0) is 42.2. The maximum absolute atomic E-state index is 8.88. The summed E-state index contributed by atoms with van der Waals surface area (Å²) in [5, 5.41) is 5.85. The molecular formula is C45H27N5S. The smallest absolute Gasteiger partial charge is 0.238 e. The van der Waals surface area contributed by atoms with Crippen LogP contribution >= 0.6 is 11.3 Å². The topological polar surface area (TPSA) is 48.5 Å². The number of thiophene rings is 1. The van der Waals surface area contributed by atoms with Crippen molar-refractivity contribution in [2.75, 3.05) is 0 Å². The summed E-state index contributed by atoms with van der Waals surface area (Å²) in [6.07, 6.45) is 0. The van der Waals surface area contributed by atoms with Crippen LogP contribution in [0.1, 0.15) is 13.7 Å². The lowest BCUT2D eigenvalue weighted by atomic mass is 10.1. The van der Waals surface area contributed by atoms with E-state index in [1.54, 1.807) is 11.3 Å². The minimum absolute atomic E-state index is 0.0617. The Morgan fingerprint density at radius 3 is 1.63 bits per heavy atom. The Labute approximate surface area is 310 Å². The molecule has 51 heavy (non-hydrogen) atoms. The highest BCUT2D eigenvalue weighted by Crippen LogP contribution is 2.43. The van der Waals surface area contributed by atoms with Crippen LogP contribution in [-0.4, -0.2) is 24.1 Å². The molecule has 0 bridgehead atoms. The predicted octanol–water partition coefficient (Wildman–Crippen LogP) is 11.8. The van der Waals surface area contributed by atoms with Crippen molar-refractivity contribution in [2.45, 2.75) is 0 Å². The fourth-order valence-corrected chi connectivity index (χ4v) is 8.33. The number of fused-ring (bicyclic) bond motifs is 10. The molecule has 0 spiro atoms. The predicted molar refractivity (Wildman–Crippen MR) is 212 cm³/mol. The van der Waals surface area contributed by atoms with E-state index in [-0.39, 0.29) is 28.7 Å². The van der Waals surface area contributed by atoms with Gasteiger partial charge in [-0.2, -0.15) is 9.97 Å². The van der Waals surface area contributed by atoms with Crippen LogP contribution in [-0.2, 0) is 0 Å². The van der Waals surface area contributed by atoms with Crippen LogP contribution in [0, 0.1) is 0 Å². The second-order valence-electron chi connectivity index (χ2n) is 12.1. The van der Waals surface area contributed by atoms with Crippen LogP contribution in [0.15, 0.2) is 164 Å². The molecule has 0 aliphatic rings.